The van der Waals surface area contributed by atoms with E-state index in [0.717, 1.165) is 19.3 Å². The van der Waals surface area contributed by atoms with E-state index >= 15 is 0 Å². The minimum absolute atomic E-state index is 0.222. The minimum Gasteiger partial charge on any atom is -0.387 e. The summed E-state index contributed by atoms with van der Waals surface area (Å²) in [6, 6.07) is 0. The van der Waals surface area contributed by atoms with E-state index in [1.165, 1.54) is 5.57 Å². The lowest BCUT2D eigenvalue weighted by Crippen LogP contribution is -2.49. The topological polar surface area (TPSA) is 73.2 Å². The third-order valence-corrected chi connectivity index (χ3v) is 5.76. The molecule has 0 unspecified atom stereocenters. The number of aliphatic hydroxyl groups is 3. The Bertz CT molecular complexity index is 514. The summed E-state index contributed by atoms with van der Waals surface area (Å²) in [5.41, 5.74) is -2.60. The zero-order valence-corrected chi connectivity index (χ0v) is 15.8. The summed E-state index contributed by atoms with van der Waals surface area (Å²) < 4.78 is 5.88. The number of fused-ring (bicyclic) bond motifs is 1. The van der Waals surface area contributed by atoms with E-state index in [2.05, 4.69) is 19.9 Å². The van der Waals surface area contributed by atoms with Crippen LogP contribution in [0, 0.1) is 0 Å². The zero-order valence-electron chi connectivity index (χ0n) is 15.8. The molecule has 24 heavy (non-hydrogen) atoms. The highest BCUT2D eigenvalue weighted by Crippen LogP contribution is 2.45. The van der Waals surface area contributed by atoms with Gasteiger partial charge < -0.3 is 20.1 Å². The van der Waals surface area contributed by atoms with Crippen LogP contribution in [-0.4, -0.2) is 43.8 Å². The molecule has 0 spiro atoms. The quantitative estimate of drug-likeness (QED) is 0.507. The Hall–Kier alpha value is -0.680. The van der Waals surface area contributed by atoms with Gasteiger partial charge in [-0.05, 0) is 73.1 Å². The van der Waals surface area contributed by atoms with Gasteiger partial charge >= 0.3 is 0 Å². The molecule has 1 saturated heterocycles. The Morgan fingerprint density at radius 3 is 2.42 bits per heavy atom. The molecule has 0 radical (unpaired) electrons. The van der Waals surface area contributed by atoms with Crippen LogP contribution in [0.4, 0.5) is 0 Å². The third-order valence-electron chi connectivity index (χ3n) is 5.76. The van der Waals surface area contributed by atoms with Crippen LogP contribution in [0.25, 0.3) is 0 Å². The Morgan fingerprint density at radius 2 is 1.79 bits per heavy atom. The Morgan fingerprint density at radius 1 is 1.12 bits per heavy atom. The lowest BCUT2D eigenvalue weighted by atomic mass is 9.78. The lowest BCUT2D eigenvalue weighted by Gasteiger charge is -2.38. The minimum atomic E-state index is -1.40. The Labute approximate surface area is 146 Å². The molecule has 1 heterocycles. The lowest BCUT2D eigenvalue weighted by molar-refractivity contribution is -0.107. The smallest absolute Gasteiger partial charge is 0.111 e. The molecule has 1 aliphatic carbocycles. The summed E-state index contributed by atoms with van der Waals surface area (Å²) >= 11 is 0. The molecule has 2 rings (SSSR count). The first-order valence-corrected chi connectivity index (χ1v) is 9.08. The molecule has 0 aromatic heterocycles. The van der Waals surface area contributed by atoms with Crippen molar-refractivity contribution in [2.45, 2.75) is 102 Å². The van der Waals surface area contributed by atoms with Crippen molar-refractivity contribution >= 4 is 0 Å². The number of rotatable bonds is 1. The van der Waals surface area contributed by atoms with Crippen molar-refractivity contribution in [3.8, 4) is 0 Å². The maximum atomic E-state index is 11.0. The fourth-order valence-electron chi connectivity index (χ4n) is 3.38. The first kappa shape index (κ1) is 19.6. The summed E-state index contributed by atoms with van der Waals surface area (Å²) in [7, 11) is 0. The normalized spacial score (nSPS) is 45.5. The van der Waals surface area contributed by atoms with Gasteiger partial charge in [0.25, 0.3) is 0 Å². The second-order valence-corrected chi connectivity index (χ2v) is 8.72. The molecular weight excluding hydrogens is 304 g/mol. The number of hydrogen-bond donors (Lipinski definition) is 3. The molecule has 4 nitrogen and oxygen atoms in total. The highest BCUT2D eigenvalue weighted by atomic mass is 16.6. The molecule has 138 valence electrons. The van der Waals surface area contributed by atoms with Gasteiger partial charge in [-0.15, -0.1) is 0 Å². The van der Waals surface area contributed by atoms with Gasteiger partial charge in [-0.3, -0.25) is 0 Å². The largest absolute Gasteiger partial charge is 0.387 e. The van der Waals surface area contributed by atoms with Gasteiger partial charge in [0.15, 0.2) is 0 Å². The Kier molecular flexibility index (Phi) is 5.37. The molecule has 0 aromatic carbocycles. The summed E-state index contributed by atoms with van der Waals surface area (Å²) in [5, 5.41) is 32.0. The van der Waals surface area contributed by atoms with Gasteiger partial charge in [-0.1, -0.05) is 23.8 Å². The van der Waals surface area contributed by atoms with Gasteiger partial charge in [0.1, 0.15) is 5.60 Å². The van der Waals surface area contributed by atoms with Gasteiger partial charge in [-0.25, -0.2) is 0 Å². The van der Waals surface area contributed by atoms with Crippen LogP contribution in [0.1, 0.15) is 73.1 Å². The molecule has 4 atom stereocenters. The van der Waals surface area contributed by atoms with Gasteiger partial charge in [0.05, 0.1) is 22.9 Å². The van der Waals surface area contributed by atoms with Crippen molar-refractivity contribution in [2.24, 2.45) is 0 Å². The van der Waals surface area contributed by atoms with Crippen LogP contribution in [-0.2, 0) is 4.74 Å². The molecule has 0 aromatic rings. The molecule has 0 saturated carbocycles. The average molecular weight is 338 g/mol. The Balaban J connectivity index is 2.25. The van der Waals surface area contributed by atoms with E-state index in [9.17, 15) is 15.3 Å². The zero-order chi connectivity index (χ0) is 18.2. The number of allylic oxidation sites excluding steroid dienone is 2. The maximum Gasteiger partial charge on any atom is 0.111 e. The number of ether oxygens (including phenoxy) is 1. The second-order valence-electron chi connectivity index (χ2n) is 8.72. The standard InChI is InChI=1S/C20H34O4/c1-15-7-6-10-18(4,22)11-13-20(23,17(2,3)21)14-12-19(5)16(24-19)9-8-15/h7,11,13,16,21-23H,6,8-10,12,14H2,1-5H3/b13-11+,15-7+/t16-,18+,19-,20-/m1/s1. The van der Waals surface area contributed by atoms with E-state index in [-0.39, 0.29) is 11.7 Å². The van der Waals surface area contributed by atoms with E-state index in [1.807, 2.05) is 0 Å². The fourth-order valence-corrected chi connectivity index (χ4v) is 3.38. The monoisotopic (exact) mass is 338 g/mol. The third kappa shape index (κ3) is 4.69. The van der Waals surface area contributed by atoms with Gasteiger partial charge in [0, 0.05) is 0 Å². The molecule has 0 bridgehead atoms. The van der Waals surface area contributed by atoms with Crippen LogP contribution in [0.5, 0.6) is 0 Å². The SMILES string of the molecule is C/C1=C\CC[C@](C)(O)/C=C/[C@](O)(C(C)(C)O)CC[C@@]2(C)O[C@@H]2CC1. The summed E-state index contributed by atoms with van der Waals surface area (Å²) in [6.07, 6.45) is 10.0. The van der Waals surface area contributed by atoms with Crippen molar-refractivity contribution in [1.82, 2.24) is 0 Å². The molecule has 1 aliphatic heterocycles. The maximum absolute atomic E-state index is 11.0. The molecule has 1 fully saturated rings. The molecule has 3 N–H and O–H groups in total. The van der Waals surface area contributed by atoms with Crippen molar-refractivity contribution in [1.29, 1.82) is 0 Å². The highest BCUT2D eigenvalue weighted by Gasteiger charge is 2.53. The number of hydrogen-bond acceptors (Lipinski definition) is 4. The predicted molar refractivity (Wildman–Crippen MR) is 95.7 cm³/mol. The van der Waals surface area contributed by atoms with Crippen LogP contribution in [0.2, 0.25) is 0 Å². The van der Waals surface area contributed by atoms with E-state index < -0.39 is 16.8 Å². The summed E-state index contributed by atoms with van der Waals surface area (Å²) in [4.78, 5) is 0. The van der Waals surface area contributed by atoms with Crippen LogP contribution in [0.15, 0.2) is 23.8 Å². The molecular formula is C20H34O4. The van der Waals surface area contributed by atoms with Gasteiger partial charge in [-0.2, -0.15) is 0 Å². The number of epoxide rings is 1. The first-order valence-electron chi connectivity index (χ1n) is 9.08. The fraction of sp³-hybridized carbons (Fsp3) is 0.800. The van der Waals surface area contributed by atoms with E-state index in [1.54, 1.807) is 32.9 Å². The van der Waals surface area contributed by atoms with Crippen molar-refractivity contribution in [2.75, 3.05) is 0 Å². The van der Waals surface area contributed by atoms with Gasteiger partial charge in [0.2, 0.25) is 0 Å². The van der Waals surface area contributed by atoms with Crippen molar-refractivity contribution < 1.29 is 20.1 Å². The molecule has 4 heteroatoms. The highest BCUT2D eigenvalue weighted by molar-refractivity contribution is 5.16. The second kappa shape index (κ2) is 6.56. The van der Waals surface area contributed by atoms with Crippen LogP contribution >= 0.6 is 0 Å². The molecule has 0 amide bonds. The predicted octanol–water partition coefficient (Wildman–Crippen LogP) is 3.25. The van der Waals surface area contributed by atoms with E-state index in [4.69, 9.17) is 4.74 Å². The molecule has 2 aliphatic rings. The average Bonchev–Trinajstić information content (AvgIpc) is 3.10. The first-order chi connectivity index (χ1) is 10.9. The van der Waals surface area contributed by atoms with E-state index in [0.29, 0.717) is 19.3 Å². The summed E-state index contributed by atoms with van der Waals surface area (Å²) in [5.74, 6) is 0. The van der Waals surface area contributed by atoms with Crippen LogP contribution < -0.4 is 0 Å². The van der Waals surface area contributed by atoms with Crippen molar-refractivity contribution in [3.05, 3.63) is 23.8 Å². The van der Waals surface area contributed by atoms with Crippen molar-refractivity contribution in [3.63, 3.8) is 0 Å². The van der Waals surface area contributed by atoms with Crippen LogP contribution in [0.3, 0.4) is 0 Å². The summed E-state index contributed by atoms with van der Waals surface area (Å²) in [6.45, 7) is 9.16.